The molecule has 2 heterocycles. The summed E-state index contributed by atoms with van der Waals surface area (Å²) in [4.78, 5) is 5.02. The summed E-state index contributed by atoms with van der Waals surface area (Å²) in [6.45, 7) is 5.27. The summed E-state index contributed by atoms with van der Waals surface area (Å²) in [6, 6.07) is 8.80. The molecular weight excluding hydrogens is 368 g/mol. The van der Waals surface area contributed by atoms with E-state index in [0.717, 1.165) is 25.8 Å². The zero-order valence-electron chi connectivity index (χ0n) is 13.7. The molecule has 0 spiro atoms. The fraction of sp³-hybridized carbons (Fsp3) is 0.368. The van der Waals surface area contributed by atoms with E-state index in [-0.39, 0.29) is 0 Å². The van der Waals surface area contributed by atoms with E-state index in [9.17, 15) is 0 Å². The molecule has 3 aromatic rings. The highest BCUT2D eigenvalue weighted by Gasteiger charge is 2.18. The van der Waals surface area contributed by atoms with E-state index in [2.05, 4.69) is 64.4 Å². The maximum atomic E-state index is 5.69. The van der Waals surface area contributed by atoms with Gasteiger partial charge < -0.3 is 10.7 Å². The van der Waals surface area contributed by atoms with E-state index < -0.39 is 0 Å². The number of fused-ring (bicyclic) bond motifs is 1. The van der Waals surface area contributed by atoms with E-state index in [1.807, 2.05) is 0 Å². The molecule has 122 valence electrons. The number of para-hydroxylation sites is 1. The van der Waals surface area contributed by atoms with Gasteiger partial charge in [-0.15, -0.1) is 11.3 Å². The van der Waals surface area contributed by atoms with E-state index in [0.29, 0.717) is 5.92 Å². The summed E-state index contributed by atoms with van der Waals surface area (Å²) >= 11 is 5.48. The number of nitrogens with one attached hydrogen (secondary N) is 1. The van der Waals surface area contributed by atoms with Gasteiger partial charge in [-0.25, -0.2) is 0 Å². The Morgan fingerprint density at radius 2 is 2.04 bits per heavy atom. The second kappa shape index (κ2) is 7.20. The molecule has 0 saturated carbocycles. The number of thiophene rings is 1. The Morgan fingerprint density at radius 1 is 1.22 bits per heavy atom. The number of aromatic nitrogens is 1. The van der Waals surface area contributed by atoms with Gasteiger partial charge in [0.05, 0.1) is 10.6 Å². The van der Waals surface area contributed by atoms with Crippen LogP contribution in [0.1, 0.15) is 43.7 Å². The second-order valence-corrected chi connectivity index (χ2v) is 8.02. The Kier molecular flexibility index (Phi) is 5.24. The van der Waals surface area contributed by atoms with Crippen molar-refractivity contribution in [2.75, 3.05) is 6.54 Å². The van der Waals surface area contributed by atoms with Gasteiger partial charge in [-0.2, -0.15) is 0 Å². The molecule has 4 heteroatoms. The topological polar surface area (TPSA) is 41.8 Å². The van der Waals surface area contributed by atoms with Crippen molar-refractivity contribution in [3.05, 3.63) is 45.2 Å². The van der Waals surface area contributed by atoms with Crippen molar-refractivity contribution in [1.29, 1.82) is 0 Å². The lowest BCUT2D eigenvalue weighted by atomic mass is 9.97. The molecule has 1 aromatic carbocycles. The number of H-pyrrole nitrogens is 1. The summed E-state index contributed by atoms with van der Waals surface area (Å²) in [5, 5.41) is 3.50. The van der Waals surface area contributed by atoms with Crippen LogP contribution >= 0.6 is 27.3 Å². The normalized spacial score (nSPS) is 11.7. The Bertz CT molecular complexity index is 801. The molecule has 0 radical (unpaired) electrons. The molecule has 2 nitrogen and oxygen atoms in total. The second-order valence-electron chi connectivity index (χ2n) is 6.25. The molecule has 0 aliphatic carbocycles. The van der Waals surface area contributed by atoms with Crippen molar-refractivity contribution in [3.8, 4) is 10.6 Å². The standard InChI is InChI=1S/C19H23BrN2S/c1-12(2)13-7-5-8-14-15(6-3-4-10-21)18(22-17(13)14)19-16(20)9-11-23-19/h5,7-9,11-12,22H,3-4,6,10,21H2,1-2H3. The average Bonchev–Trinajstić information content (AvgIpc) is 3.10. The van der Waals surface area contributed by atoms with Gasteiger partial charge in [0.25, 0.3) is 0 Å². The van der Waals surface area contributed by atoms with Gasteiger partial charge in [0.2, 0.25) is 0 Å². The first-order valence-corrected chi connectivity index (χ1v) is 9.87. The van der Waals surface area contributed by atoms with Crippen LogP contribution in [0.5, 0.6) is 0 Å². The molecule has 0 amide bonds. The molecule has 3 N–H and O–H groups in total. The summed E-state index contributed by atoms with van der Waals surface area (Å²) in [5.41, 5.74) is 11.1. The maximum absolute atomic E-state index is 5.69. The fourth-order valence-corrected chi connectivity index (χ4v) is 4.75. The highest BCUT2D eigenvalue weighted by Crippen LogP contribution is 2.40. The smallest absolute Gasteiger partial charge is 0.0650 e. The zero-order chi connectivity index (χ0) is 16.4. The lowest BCUT2D eigenvalue weighted by molar-refractivity contribution is 0.748. The van der Waals surface area contributed by atoms with Gasteiger partial charge in [-0.1, -0.05) is 32.0 Å². The number of unbranched alkanes of at least 4 members (excludes halogenated alkanes) is 1. The van der Waals surface area contributed by atoms with Crippen LogP contribution in [0.2, 0.25) is 0 Å². The summed E-state index contributed by atoms with van der Waals surface area (Å²) in [6.07, 6.45) is 3.27. The van der Waals surface area contributed by atoms with Gasteiger partial charge in [0.1, 0.15) is 0 Å². The largest absolute Gasteiger partial charge is 0.353 e. The van der Waals surface area contributed by atoms with Crippen molar-refractivity contribution in [2.24, 2.45) is 5.73 Å². The number of halogens is 1. The molecule has 3 rings (SSSR count). The molecule has 0 fully saturated rings. The molecule has 0 aliphatic rings. The average molecular weight is 391 g/mol. The van der Waals surface area contributed by atoms with E-state index in [1.54, 1.807) is 11.3 Å². The first kappa shape index (κ1) is 16.7. The van der Waals surface area contributed by atoms with Gasteiger partial charge >= 0.3 is 0 Å². The first-order valence-electron chi connectivity index (χ1n) is 8.20. The summed E-state index contributed by atoms with van der Waals surface area (Å²) in [7, 11) is 0. The van der Waals surface area contributed by atoms with Crippen molar-refractivity contribution < 1.29 is 0 Å². The van der Waals surface area contributed by atoms with Gasteiger partial charge in [-0.3, -0.25) is 0 Å². The van der Waals surface area contributed by atoms with Crippen LogP contribution in [0.15, 0.2) is 34.1 Å². The first-order chi connectivity index (χ1) is 11.1. The van der Waals surface area contributed by atoms with Crippen molar-refractivity contribution in [2.45, 2.75) is 39.0 Å². The number of rotatable bonds is 6. The molecule has 0 saturated heterocycles. The number of aryl methyl sites for hydroxylation is 1. The maximum Gasteiger partial charge on any atom is 0.0650 e. The van der Waals surface area contributed by atoms with Crippen LogP contribution in [0, 0.1) is 0 Å². The number of nitrogens with two attached hydrogens (primary N) is 1. The van der Waals surface area contributed by atoms with Crippen molar-refractivity contribution in [3.63, 3.8) is 0 Å². The molecule has 0 bridgehead atoms. The molecule has 0 aliphatic heterocycles. The van der Waals surface area contributed by atoms with Crippen LogP contribution in [0.4, 0.5) is 0 Å². The third-order valence-electron chi connectivity index (χ3n) is 4.32. The van der Waals surface area contributed by atoms with Crippen molar-refractivity contribution >= 4 is 38.2 Å². The lowest BCUT2D eigenvalue weighted by Crippen LogP contribution is -1.99. The SMILES string of the molecule is CC(C)c1cccc2c(CCCCN)c(-c3sccc3Br)[nH]c12. The minimum atomic E-state index is 0.508. The molecule has 0 unspecified atom stereocenters. The Balaban J connectivity index is 2.18. The minimum Gasteiger partial charge on any atom is -0.353 e. The van der Waals surface area contributed by atoms with E-state index in [1.165, 1.54) is 37.1 Å². The van der Waals surface area contributed by atoms with Gasteiger partial charge in [0, 0.05) is 15.4 Å². The lowest BCUT2D eigenvalue weighted by Gasteiger charge is -2.07. The Hall–Kier alpha value is -1.10. The van der Waals surface area contributed by atoms with E-state index >= 15 is 0 Å². The highest BCUT2D eigenvalue weighted by atomic mass is 79.9. The van der Waals surface area contributed by atoms with E-state index in [4.69, 9.17) is 5.73 Å². The van der Waals surface area contributed by atoms with Gasteiger partial charge in [-0.05, 0) is 70.2 Å². The Morgan fingerprint density at radius 3 is 2.70 bits per heavy atom. The van der Waals surface area contributed by atoms with Crippen LogP contribution in [-0.2, 0) is 6.42 Å². The molecule has 23 heavy (non-hydrogen) atoms. The van der Waals surface area contributed by atoms with Crippen LogP contribution in [-0.4, -0.2) is 11.5 Å². The van der Waals surface area contributed by atoms with Gasteiger partial charge in [0.15, 0.2) is 0 Å². The number of hydrogen-bond acceptors (Lipinski definition) is 2. The number of hydrogen-bond donors (Lipinski definition) is 2. The molecular formula is C19H23BrN2S. The fourth-order valence-electron chi connectivity index (χ4n) is 3.15. The Labute approximate surface area is 150 Å². The summed E-state index contributed by atoms with van der Waals surface area (Å²) in [5.74, 6) is 0.508. The number of aromatic amines is 1. The molecule has 2 aromatic heterocycles. The van der Waals surface area contributed by atoms with Crippen LogP contribution in [0.25, 0.3) is 21.5 Å². The predicted molar refractivity (Wildman–Crippen MR) is 105 cm³/mol. The summed E-state index contributed by atoms with van der Waals surface area (Å²) < 4.78 is 1.17. The highest BCUT2D eigenvalue weighted by molar-refractivity contribution is 9.10. The third-order valence-corrected chi connectivity index (χ3v) is 6.18. The third kappa shape index (κ3) is 3.25. The zero-order valence-corrected chi connectivity index (χ0v) is 16.1. The van der Waals surface area contributed by atoms with Crippen LogP contribution < -0.4 is 5.73 Å². The quantitative estimate of drug-likeness (QED) is 0.493. The van der Waals surface area contributed by atoms with Crippen molar-refractivity contribution in [1.82, 2.24) is 4.98 Å². The molecule has 0 atom stereocenters. The number of benzene rings is 1. The monoisotopic (exact) mass is 390 g/mol. The minimum absolute atomic E-state index is 0.508. The van der Waals surface area contributed by atoms with Crippen LogP contribution in [0.3, 0.4) is 0 Å². The predicted octanol–water partition coefficient (Wildman–Crippen LogP) is 6.06.